The number of guanidine groups is 1. The average Bonchev–Trinajstić information content (AvgIpc) is 2.03. The maximum atomic E-state index is 11.0. The lowest BCUT2D eigenvalue weighted by molar-refractivity contribution is -0.485. The molecule has 0 aromatic carbocycles. The third kappa shape index (κ3) is 2.39. The Morgan fingerprint density at radius 2 is 2.46 bits per heavy atom. The summed E-state index contributed by atoms with van der Waals surface area (Å²) in [5.74, 6) is -0.212. The quantitative estimate of drug-likeness (QED) is 0.436. The van der Waals surface area contributed by atoms with Crippen LogP contribution in [0, 0.1) is 10.1 Å². The fraction of sp³-hybridized carbons (Fsp3) is 0.667. The minimum absolute atomic E-state index is 0.0313. The Hall–Kier alpha value is -1.66. The normalized spacial score (nSPS) is 19.8. The van der Waals surface area contributed by atoms with E-state index in [2.05, 4.69) is 10.4 Å². The summed E-state index contributed by atoms with van der Waals surface area (Å²) in [6, 6.07) is 0. The zero-order valence-corrected chi connectivity index (χ0v) is 7.19. The van der Waals surface area contributed by atoms with Crippen LogP contribution in [0.5, 0.6) is 0 Å². The molecule has 1 saturated heterocycles. The number of nitro groups is 1. The smallest absolute Gasteiger partial charge is 0.278 e. The highest BCUT2D eigenvalue weighted by molar-refractivity contribution is 5.96. The molecular weight excluding hydrogens is 176 g/mol. The number of carbonyl (C=O) groups is 1. The highest BCUT2D eigenvalue weighted by atomic mass is 16.7. The van der Waals surface area contributed by atoms with Gasteiger partial charge in [0, 0.05) is 20.0 Å². The van der Waals surface area contributed by atoms with Crippen molar-refractivity contribution in [3.8, 4) is 0 Å². The molecule has 13 heavy (non-hydrogen) atoms. The third-order valence-corrected chi connectivity index (χ3v) is 1.65. The van der Waals surface area contributed by atoms with Gasteiger partial charge < -0.3 is 5.32 Å². The van der Waals surface area contributed by atoms with Gasteiger partial charge in [-0.25, -0.2) is 10.1 Å². The van der Waals surface area contributed by atoms with Gasteiger partial charge in [0.15, 0.2) is 5.03 Å². The van der Waals surface area contributed by atoms with E-state index in [0.29, 0.717) is 13.1 Å². The first-order valence-corrected chi connectivity index (χ1v) is 3.86. The summed E-state index contributed by atoms with van der Waals surface area (Å²) in [5.41, 5.74) is 0. The van der Waals surface area contributed by atoms with E-state index in [1.54, 1.807) is 0 Å². The van der Waals surface area contributed by atoms with E-state index in [4.69, 9.17) is 0 Å². The van der Waals surface area contributed by atoms with Crippen LogP contribution >= 0.6 is 0 Å². The summed E-state index contributed by atoms with van der Waals surface area (Å²) in [6.07, 6.45) is 0.774. The first-order chi connectivity index (χ1) is 6.11. The highest BCUT2D eigenvalue weighted by Gasteiger charge is 2.22. The molecule has 0 aliphatic carbocycles. The number of carbonyl (C=O) groups excluding carboxylic acids is 1. The minimum Gasteiger partial charge on any atom is -0.351 e. The molecule has 1 rings (SSSR count). The van der Waals surface area contributed by atoms with Crippen molar-refractivity contribution < 1.29 is 9.83 Å². The number of nitrogens with one attached hydrogen (secondary N) is 1. The molecule has 0 radical (unpaired) electrons. The summed E-state index contributed by atoms with van der Waals surface area (Å²) in [5, 5.41) is 15.0. The Morgan fingerprint density at radius 1 is 1.77 bits per heavy atom. The first kappa shape index (κ1) is 9.43. The molecule has 0 bridgehead atoms. The van der Waals surface area contributed by atoms with Gasteiger partial charge in [0.2, 0.25) is 5.91 Å². The van der Waals surface area contributed by atoms with Gasteiger partial charge in [0.05, 0.1) is 0 Å². The van der Waals surface area contributed by atoms with Crippen LogP contribution in [-0.2, 0) is 4.79 Å². The Kier molecular flexibility index (Phi) is 2.78. The number of rotatable bonds is 1. The van der Waals surface area contributed by atoms with Crippen LogP contribution in [0.4, 0.5) is 0 Å². The maximum absolute atomic E-state index is 11.0. The highest BCUT2D eigenvalue weighted by Crippen LogP contribution is 1.99. The SMILES string of the molecule is CC(=O)N1CCCNC1=N[N+](=O)[O-]. The molecule has 1 aliphatic heterocycles. The number of hydrogen-bond acceptors (Lipinski definition) is 3. The molecule has 1 aliphatic rings. The molecule has 1 fully saturated rings. The van der Waals surface area contributed by atoms with Crippen molar-refractivity contribution in [2.24, 2.45) is 5.10 Å². The van der Waals surface area contributed by atoms with E-state index < -0.39 is 5.03 Å². The molecule has 0 spiro atoms. The van der Waals surface area contributed by atoms with E-state index >= 15 is 0 Å². The van der Waals surface area contributed by atoms with Crippen LogP contribution < -0.4 is 5.32 Å². The zero-order chi connectivity index (χ0) is 9.84. The molecule has 0 aromatic heterocycles. The van der Waals surface area contributed by atoms with E-state index in [1.165, 1.54) is 11.8 Å². The Labute approximate surface area is 74.5 Å². The van der Waals surface area contributed by atoms with Crippen molar-refractivity contribution in [3.63, 3.8) is 0 Å². The monoisotopic (exact) mass is 186 g/mol. The summed E-state index contributed by atoms with van der Waals surface area (Å²) < 4.78 is 0. The predicted octanol–water partition coefficient (Wildman–Crippen LogP) is -0.624. The second kappa shape index (κ2) is 3.83. The second-order valence-electron chi connectivity index (χ2n) is 2.61. The van der Waals surface area contributed by atoms with E-state index in [0.717, 1.165) is 6.42 Å². The molecule has 0 atom stereocenters. The van der Waals surface area contributed by atoms with Crippen molar-refractivity contribution in [3.05, 3.63) is 10.1 Å². The predicted molar refractivity (Wildman–Crippen MR) is 44.4 cm³/mol. The maximum Gasteiger partial charge on any atom is 0.278 e. The summed E-state index contributed by atoms with van der Waals surface area (Å²) >= 11 is 0. The van der Waals surface area contributed by atoms with Gasteiger partial charge in [0.1, 0.15) is 5.10 Å². The van der Waals surface area contributed by atoms with Crippen LogP contribution in [-0.4, -0.2) is 34.9 Å². The molecule has 7 nitrogen and oxygen atoms in total. The van der Waals surface area contributed by atoms with Gasteiger partial charge >= 0.3 is 0 Å². The van der Waals surface area contributed by atoms with Crippen LogP contribution in [0.15, 0.2) is 5.10 Å². The van der Waals surface area contributed by atoms with Crippen molar-refractivity contribution in [1.82, 2.24) is 10.2 Å². The summed E-state index contributed by atoms with van der Waals surface area (Å²) in [6.45, 7) is 2.44. The minimum atomic E-state index is -0.816. The molecule has 1 N–H and O–H groups in total. The molecule has 1 amide bonds. The molecule has 0 unspecified atom stereocenters. The summed E-state index contributed by atoms with van der Waals surface area (Å²) in [4.78, 5) is 22.3. The number of hydrazone groups is 1. The molecule has 72 valence electrons. The first-order valence-electron chi connectivity index (χ1n) is 3.86. The number of nitrogens with zero attached hydrogens (tertiary/aromatic N) is 3. The third-order valence-electron chi connectivity index (χ3n) is 1.65. The summed E-state index contributed by atoms with van der Waals surface area (Å²) in [7, 11) is 0. The largest absolute Gasteiger partial charge is 0.351 e. The lowest BCUT2D eigenvalue weighted by Gasteiger charge is -2.25. The van der Waals surface area contributed by atoms with Crippen molar-refractivity contribution in [2.75, 3.05) is 13.1 Å². The number of amides is 1. The second-order valence-corrected chi connectivity index (χ2v) is 2.61. The van der Waals surface area contributed by atoms with Crippen LogP contribution in [0.1, 0.15) is 13.3 Å². The van der Waals surface area contributed by atoms with Crippen molar-refractivity contribution in [1.29, 1.82) is 0 Å². The zero-order valence-electron chi connectivity index (χ0n) is 7.19. The van der Waals surface area contributed by atoms with Gasteiger partial charge in [-0.05, 0) is 6.42 Å². The van der Waals surface area contributed by atoms with Gasteiger partial charge in [0.25, 0.3) is 5.96 Å². The van der Waals surface area contributed by atoms with Gasteiger partial charge in [-0.1, -0.05) is 0 Å². The van der Waals surface area contributed by atoms with Crippen LogP contribution in [0.25, 0.3) is 0 Å². The Bertz CT molecular complexity index is 263. The lowest BCUT2D eigenvalue weighted by atomic mass is 10.3. The molecule has 7 heteroatoms. The molecule has 1 heterocycles. The fourth-order valence-electron chi connectivity index (χ4n) is 1.11. The Balaban J connectivity index is 2.78. The van der Waals surface area contributed by atoms with Gasteiger partial charge in [-0.3, -0.25) is 9.69 Å². The average molecular weight is 186 g/mol. The van der Waals surface area contributed by atoms with E-state index in [1.807, 2.05) is 0 Å². The number of hydrogen-bond donors (Lipinski definition) is 1. The van der Waals surface area contributed by atoms with Gasteiger partial charge in [-0.15, -0.1) is 0 Å². The lowest BCUT2D eigenvalue weighted by Crippen LogP contribution is -2.50. The van der Waals surface area contributed by atoms with Crippen molar-refractivity contribution in [2.45, 2.75) is 13.3 Å². The fourth-order valence-corrected chi connectivity index (χ4v) is 1.11. The van der Waals surface area contributed by atoms with E-state index in [9.17, 15) is 14.9 Å². The van der Waals surface area contributed by atoms with Crippen molar-refractivity contribution >= 4 is 11.9 Å². The molecular formula is C6H10N4O3. The van der Waals surface area contributed by atoms with Gasteiger partial charge in [-0.2, -0.15) is 0 Å². The van der Waals surface area contributed by atoms with E-state index in [-0.39, 0.29) is 11.9 Å². The molecule has 0 aromatic rings. The van der Waals surface area contributed by atoms with Crippen LogP contribution in [0.3, 0.4) is 0 Å². The molecule has 0 saturated carbocycles. The topological polar surface area (TPSA) is 87.8 Å². The van der Waals surface area contributed by atoms with Crippen LogP contribution in [0.2, 0.25) is 0 Å². The Morgan fingerprint density at radius 3 is 3.00 bits per heavy atom. The standard InChI is InChI=1S/C6H10N4O3/c1-5(11)9-4-2-3-7-6(9)8-10(12)13/h2-4H2,1H3,(H,7,8).